The lowest BCUT2D eigenvalue weighted by Crippen LogP contribution is -2.37. The number of hydrogen-bond acceptors (Lipinski definition) is 4. The average Bonchev–Trinajstić information content (AvgIpc) is 2.95. The molecule has 1 fully saturated rings. The second-order valence-corrected chi connectivity index (χ2v) is 5.27. The minimum atomic E-state index is -0.121. The predicted molar refractivity (Wildman–Crippen MR) is 85.5 cm³/mol. The van der Waals surface area contributed by atoms with E-state index < -0.39 is 0 Å². The number of amides is 2. The number of hydrogen-bond donors (Lipinski definition) is 3. The fourth-order valence-corrected chi connectivity index (χ4v) is 2.62. The molecule has 1 aromatic carbocycles. The Morgan fingerprint density at radius 1 is 1.25 bits per heavy atom. The number of carbonyl (C=O) groups is 2. The number of thioether (sulfide) groups is 1. The van der Waals surface area contributed by atoms with Gasteiger partial charge in [-0.2, -0.15) is 0 Å². The van der Waals surface area contributed by atoms with Gasteiger partial charge in [-0.3, -0.25) is 14.9 Å². The van der Waals surface area contributed by atoms with Crippen LogP contribution >= 0.6 is 24.2 Å². The Morgan fingerprint density at radius 3 is 2.35 bits per heavy atom. The summed E-state index contributed by atoms with van der Waals surface area (Å²) < 4.78 is 0. The molecule has 3 N–H and O–H groups in total. The Bertz CT molecular complexity index is 461. The Labute approximate surface area is 128 Å². The number of carbonyl (C=O) groups excluding carboxylic acids is 2. The van der Waals surface area contributed by atoms with E-state index in [4.69, 9.17) is 0 Å². The van der Waals surface area contributed by atoms with Crippen molar-refractivity contribution in [1.29, 1.82) is 0 Å². The summed E-state index contributed by atoms with van der Waals surface area (Å²) in [6, 6.07) is 7.00. The van der Waals surface area contributed by atoms with E-state index in [1.165, 1.54) is 0 Å². The van der Waals surface area contributed by atoms with E-state index in [1.54, 1.807) is 43.0 Å². The first kappa shape index (κ1) is 16.8. The second kappa shape index (κ2) is 8.14. The standard InChI is InChI=1S/C13H17N3O2S.ClH/c1-2-12(17)15-9-3-5-10(6-4-9)16-13(18)11-7-19-8-14-11;/h3-6,11,14H,2,7-8H2,1H3,(H,15,17)(H,16,18);1H. The van der Waals surface area contributed by atoms with E-state index >= 15 is 0 Å². The molecule has 20 heavy (non-hydrogen) atoms. The highest BCUT2D eigenvalue weighted by atomic mass is 35.5. The van der Waals surface area contributed by atoms with Crippen LogP contribution in [0.4, 0.5) is 11.4 Å². The first-order valence-electron chi connectivity index (χ1n) is 6.21. The zero-order valence-electron chi connectivity index (χ0n) is 11.1. The van der Waals surface area contributed by atoms with Crippen LogP contribution in [0.1, 0.15) is 13.3 Å². The highest BCUT2D eigenvalue weighted by Gasteiger charge is 2.22. The zero-order chi connectivity index (χ0) is 13.7. The summed E-state index contributed by atoms with van der Waals surface area (Å²) in [4.78, 5) is 23.1. The average molecular weight is 316 g/mol. The molecular formula is C13H18ClN3O2S. The van der Waals surface area contributed by atoms with Crippen molar-refractivity contribution >= 4 is 47.4 Å². The van der Waals surface area contributed by atoms with Crippen LogP contribution in [0.2, 0.25) is 0 Å². The third kappa shape index (κ3) is 4.70. The molecule has 1 heterocycles. The Balaban J connectivity index is 0.00000200. The molecule has 1 aliphatic rings. The van der Waals surface area contributed by atoms with Gasteiger partial charge in [0.25, 0.3) is 0 Å². The number of halogens is 1. The van der Waals surface area contributed by atoms with E-state index in [0.29, 0.717) is 6.42 Å². The molecule has 2 rings (SSSR count). The Morgan fingerprint density at radius 2 is 1.85 bits per heavy atom. The van der Waals surface area contributed by atoms with Crippen molar-refractivity contribution in [1.82, 2.24) is 5.32 Å². The third-order valence-electron chi connectivity index (χ3n) is 2.79. The molecule has 0 spiro atoms. The minimum absolute atomic E-state index is 0. The highest BCUT2D eigenvalue weighted by molar-refractivity contribution is 7.99. The Hall–Kier alpha value is -1.24. The van der Waals surface area contributed by atoms with Gasteiger partial charge in [0.1, 0.15) is 0 Å². The van der Waals surface area contributed by atoms with Gasteiger partial charge < -0.3 is 10.6 Å². The lowest BCUT2D eigenvalue weighted by Gasteiger charge is -2.11. The number of rotatable bonds is 4. The van der Waals surface area contributed by atoms with Gasteiger partial charge in [-0.05, 0) is 24.3 Å². The first-order valence-corrected chi connectivity index (χ1v) is 7.36. The molecule has 0 aliphatic carbocycles. The van der Waals surface area contributed by atoms with E-state index in [2.05, 4.69) is 16.0 Å². The molecule has 0 saturated carbocycles. The summed E-state index contributed by atoms with van der Waals surface area (Å²) in [5.74, 6) is 1.58. The lowest BCUT2D eigenvalue weighted by atomic mass is 10.2. The largest absolute Gasteiger partial charge is 0.326 e. The van der Waals surface area contributed by atoms with Gasteiger partial charge in [-0.25, -0.2) is 0 Å². The van der Waals surface area contributed by atoms with Crippen molar-refractivity contribution in [3.63, 3.8) is 0 Å². The van der Waals surface area contributed by atoms with Crippen molar-refractivity contribution in [2.45, 2.75) is 19.4 Å². The van der Waals surface area contributed by atoms with E-state index in [1.807, 2.05) is 0 Å². The summed E-state index contributed by atoms with van der Waals surface area (Å²) in [5, 5.41) is 8.73. The summed E-state index contributed by atoms with van der Waals surface area (Å²) >= 11 is 1.71. The van der Waals surface area contributed by atoms with Crippen LogP contribution < -0.4 is 16.0 Å². The summed E-state index contributed by atoms with van der Waals surface area (Å²) in [5.41, 5.74) is 1.47. The fourth-order valence-electron chi connectivity index (χ4n) is 1.68. The Kier molecular flexibility index (Phi) is 6.84. The van der Waals surface area contributed by atoms with Crippen LogP contribution in [0.15, 0.2) is 24.3 Å². The van der Waals surface area contributed by atoms with Gasteiger partial charge in [0, 0.05) is 29.4 Å². The molecule has 110 valence electrons. The maximum Gasteiger partial charge on any atom is 0.242 e. The smallest absolute Gasteiger partial charge is 0.242 e. The van der Waals surface area contributed by atoms with Gasteiger partial charge in [0.05, 0.1) is 6.04 Å². The fraction of sp³-hybridized carbons (Fsp3) is 0.385. The second-order valence-electron chi connectivity index (χ2n) is 4.24. The minimum Gasteiger partial charge on any atom is -0.326 e. The van der Waals surface area contributed by atoms with Crippen molar-refractivity contribution in [2.75, 3.05) is 22.3 Å². The first-order chi connectivity index (χ1) is 9.19. The van der Waals surface area contributed by atoms with Gasteiger partial charge in [0.2, 0.25) is 11.8 Å². The number of anilines is 2. The van der Waals surface area contributed by atoms with Crippen molar-refractivity contribution in [3.8, 4) is 0 Å². The molecule has 2 amide bonds. The molecule has 0 aromatic heterocycles. The summed E-state index contributed by atoms with van der Waals surface area (Å²) in [7, 11) is 0. The maximum absolute atomic E-state index is 11.9. The third-order valence-corrected chi connectivity index (χ3v) is 3.73. The molecule has 1 aliphatic heterocycles. The lowest BCUT2D eigenvalue weighted by molar-refractivity contribution is -0.117. The molecule has 1 aromatic rings. The molecule has 1 saturated heterocycles. The van der Waals surface area contributed by atoms with E-state index in [9.17, 15) is 9.59 Å². The molecule has 1 unspecified atom stereocenters. The van der Waals surface area contributed by atoms with Crippen molar-refractivity contribution in [3.05, 3.63) is 24.3 Å². The van der Waals surface area contributed by atoms with Crippen LogP contribution in [-0.2, 0) is 9.59 Å². The quantitative estimate of drug-likeness (QED) is 0.795. The van der Waals surface area contributed by atoms with E-state index in [0.717, 1.165) is 23.0 Å². The van der Waals surface area contributed by atoms with Crippen LogP contribution in [0, 0.1) is 0 Å². The molecule has 0 bridgehead atoms. The van der Waals surface area contributed by atoms with Crippen LogP contribution in [0.3, 0.4) is 0 Å². The van der Waals surface area contributed by atoms with Crippen molar-refractivity contribution in [2.24, 2.45) is 0 Å². The zero-order valence-corrected chi connectivity index (χ0v) is 12.8. The summed E-state index contributed by atoms with van der Waals surface area (Å²) in [6.45, 7) is 1.80. The van der Waals surface area contributed by atoms with Crippen molar-refractivity contribution < 1.29 is 9.59 Å². The van der Waals surface area contributed by atoms with E-state index in [-0.39, 0.29) is 30.3 Å². The van der Waals surface area contributed by atoms with Gasteiger partial charge in [-0.1, -0.05) is 6.92 Å². The predicted octanol–water partition coefficient (Wildman–Crippen LogP) is 2.06. The van der Waals surface area contributed by atoms with Gasteiger partial charge in [0.15, 0.2) is 0 Å². The number of benzene rings is 1. The monoisotopic (exact) mass is 315 g/mol. The topological polar surface area (TPSA) is 70.2 Å². The van der Waals surface area contributed by atoms with Crippen LogP contribution in [0.5, 0.6) is 0 Å². The van der Waals surface area contributed by atoms with Crippen LogP contribution in [-0.4, -0.2) is 29.5 Å². The maximum atomic E-state index is 11.9. The SMILES string of the molecule is CCC(=O)Nc1ccc(NC(=O)C2CSCN2)cc1.Cl. The molecular weight excluding hydrogens is 298 g/mol. The highest BCUT2D eigenvalue weighted by Crippen LogP contribution is 2.16. The van der Waals surface area contributed by atoms with Gasteiger partial charge in [-0.15, -0.1) is 24.2 Å². The summed E-state index contributed by atoms with van der Waals surface area (Å²) in [6.07, 6.45) is 0.448. The molecule has 7 heteroatoms. The molecule has 5 nitrogen and oxygen atoms in total. The van der Waals surface area contributed by atoms with Crippen LogP contribution in [0.25, 0.3) is 0 Å². The molecule has 0 radical (unpaired) electrons. The number of nitrogens with one attached hydrogen (secondary N) is 3. The molecule has 1 atom stereocenters. The normalized spacial score (nSPS) is 17.1. The van der Waals surface area contributed by atoms with Gasteiger partial charge >= 0.3 is 0 Å².